The number of nitrogens with zero attached hydrogens (tertiary/aromatic N) is 3. The monoisotopic (exact) mass is 527 g/mol. The van der Waals surface area contributed by atoms with Gasteiger partial charge in [-0.05, 0) is 18.2 Å². The molecule has 3 rings (SSSR count). The van der Waals surface area contributed by atoms with Crippen LogP contribution in [-0.2, 0) is 17.8 Å². The van der Waals surface area contributed by atoms with E-state index in [9.17, 15) is 20.0 Å². The predicted octanol–water partition coefficient (Wildman–Crippen LogP) is 6.06. The van der Waals surface area contributed by atoms with E-state index in [-0.39, 0.29) is 29.9 Å². The zero-order chi connectivity index (χ0) is 21.8. The number of rotatable bonds is 7. The Morgan fingerprint density at radius 3 is 2.70 bits per heavy atom. The van der Waals surface area contributed by atoms with Gasteiger partial charge in [-0.1, -0.05) is 51.3 Å². The molecular weight excluding hydrogens is 517 g/mol. The van der Waals surface area contributed by atoms with E-state index in [1.165, 1.54) is 23.5 Å². The summed E-state index contributed by atoms with van der Waals surface area (Å²) in [6.45, 7) is 0.0336. The minimum absolute atomic E-state index is 0.0336. The number of carboxylic acids is 1. The number of benzene rings is 2. The van der Waals surface area contributed by atoms with Gasteiger partial charge in [0.15, 0.2) is 0 Å². The zero-order valence-corrected chi connectivity index (χ0v) is 18.9. The van der Waals surface area contributed by atoms with Crippen LogP contribution in [0.15, 0.2) is 51.2 Å². The molecule has 0 bridgehead atoms. The number of carboxylic acid groups (broad SMARTS) is 1. The molecule has 0 atom stereocenters. The van der Waals surface area contributed by atoms with Gasteiger partial charge in [-0.3, -0.25) is 15.1 Å². The van der Waals surface area contributed by atoms with Gasteiger partial charge < -0.3 is 5.11 Å². The molecule has 1 aromatic heterocycles. The van der Waals surface area contributed by atoms with Crippen molar-refractivity contribution in [1.82, 2.24) is 4.98 Å². The van der Waals surface area contributed by atoms with E-state index < -0.39 is 10.9 Å². The SMILES string of the molecule is O=C(O)C(Cc1c(Br)cccc1[N+](=O)[O-])=NCc1nc(-c2ccc(Cl)c(Cl)c2)cs1. The van der Waals surface area contributed by atoms with Crippen molar-refractivity contribution in [2.24, 2.45) is 4.99 Å². The molecule has 2 aromatic carbocycles. The number of hydrogen-bond donors (Lipinski definition) is 1. The van der Waals surface area contributed by atoms with Crippen molar-refractivity contribution in [3.63, 3.8) is 0 Å². The van der Waals surface area contributed by atoms with Crippen molar-refractivity contribution in [2.75, 3.05) is 0 Å². The highest BCUT2D eigenvalue weighted by molar-refractivity contribution is 9.10. The van der Waals surface area contributed by atoms with E-state index in [2.05, 4.69) is 25.9 Å². The van der Waals surface area contributed by atoms with Crippen LogP contribution in [0.25, 0.3) is 11.3 Å². The normalized spacial score (nSPS) is 11.5. The molecular formula is C19H12BrCl2N3O4S. The second kappa shape index (κ2) is 9.65. The second-order valence-corrected chi connectivity index (χ2v) is 8.61. The van der Waals surface area contributed by atoms with Gasteiger partial charge >= 0.3 is 5.97 Å². The third-order valence-corrected chi connectivity index (χ3v) is 6.37. The quantitative estimate of drug-likeness (QED) is 0.228. The van der Waals surface area contributed by atoms with Crippen molar-refractivity contribution in [2.45, 2.75) is 13.0 Å². The standard InChI is InChI=1S/C19H12BrCl2N3O4S/c20-12-2-1-3-17(25(28)29)11(12)7-15(19(26)27)23-8-18-24-16(9-30-18)10-4-5-13(21)14(22)6-10/h1-6,9H,7-8H2,(H,26,27). The highest BCUT2D eigenvalue weighted by Crippen LogP contribution is 2.30. The largest absolute Gasteiger partial charge is 0.477 e. The van der Waals surface area contributed by atoms with Crippen LogP contribution >= 0.6 is 50.5 Å². The van der Waals surface area contributed by atoms with Crippen molar-refractivity contribution < 1.29 is 14.8 Å². The molecule has 3 aromatic rings. The van der Waals surface area contributed by atoms with Gasteiger partial charge in [-0.2, -0.15) is 0 Å². The molecule has 0 amide bonds. The minimum atomic E-state index is -1.25. The summed E-state index contributed by atoms with van der Waals surface area (Å²) in [6, 6.07) is 9.61. The minimum Gasteiger partial charge on any atom is -0.477 e. The Morgan fingerprint density at radius 2 is 2.03 bits per heavy atom. The summed E-state index contributed by atoms with van der Waals surface area (Å²) < 4.78 is 0.446. The second-order valence-electron chi connectivity index (χ2n) is 5.99. The summed E-state index contributed by atoms with van der Waals surface area (Å²) >= 11 is 16.5. The average molecular weight is 529 g/mol. The maximum absolute atomic E-state index is 11.7. The van der Waals surface area contributed by atoms with Gasteiger partial charge in [0, 0.05) is 27.9 Å². The van der Waals surface area contributed by atoms with Crippen molar-refractivity contribution in [3.8, 4) is 11.3 Å². The van der Waals surface area contributed by atoms with E-state index >= 15 is 0 Å². The van der Waals surface area contributed by atoms with Gasteiger partial charge in [-0.25, -0.2) is 9.78 Å². The predicted molar refractivity (Wildman–Crippen MR) is 121 cm³/mol. The van der Waals surface area contributed by atoms with Crippen LogP contribution in [0.3, 0.4) is 0 Å². The third-order valence-electron chi connectivity index (χ3n) is 4.05. The smallest absolute Gasteiger partial charge is 0.350 e. The summed E-state index contributed by atoms with van der Waals surface area (Å²) in [5, 5.41) is 24.0. The number of aromatic nitrogens is 1. The lowest BCUT2D eigenvalue weighted by Crippen LogP contribution is -2.17. The Bertz CT molecular complexity index is 1170. The number of nitro groups is 1. The maximum Gasteiger partial charge on any atom is 0.350 e. The average Bonchev–Trinajstić information content (AvgIpc) is 3.16. The van der Waals surface area contributed by atoms with Crippen molar-refractivity contribution in [3.05, 3.63) is 77.0 Å². The summed E-state index contributed by atoms with van der Waals surface area (Å²) in [6.07, 6.45) is -0.196. The summed E-state index contributed by atoms with van der Waals surface area (Å²) in [4.78, 5) is 31.0. The summed E-state index contributed by atoms with van der Waals surface area (Å²) in [7, 11) is 0. The van der Waals surface area contributed by atoms with Crippen molar-refractivity contribution in [1.29, 1.82) is 0 Å². The van der Waals surface area contributed by atoms with Crippen LogP contribution < -0.4 is 0 Å². The zero-order valence-electron chi connectivity index (χ0n) is 15.0. The first kappa shape index (κ1) is 22.4. The van der Waals surface area contributed by atoms with E-state index in [0.717, 1.165) is 5.56 Å². The first-order chi connectivity index (χ1) is 14.3. The molecule has 0 saturated heterocycles. The molecule has 0 saturated carbocycles. The molecule has 1 N–H and O–H groups in total. The Hall–Kier alpha value is -2.33. The molecule has 0 unspecified atom stereocenters. The van der Waals surface area contributed by atoms with E-state index in [1.54, 1.807) is 24.3 Å². The third kappa shape index (κ3) is 5.23. The Kier molecular flexibility index (Phi) is 7.19. The van der Waals surface area contributed by atoms with E-state index in [0.29, 0.717) is 25.2 Å². The number of carbonyl (C=O) groups is 1. The molecule has 30 heavy (non-hydrogen) atoms. The Balaban J connectivity index is 1.83. The highest BCUT2D eigenvalue weighted by atomic mass is 79.9. The molecule has 0 aliphatic rings. The summed E-state index contributed by atoms with van der Waals surface area (Å²) in [5.74, 6) is -1.25. The van der Waals surface area contributed by atoms with Crippen LogP contribution in [-0.4, -0.2) is 26.7 Å². The van der Waals surface area contributed by atoms with Crippen molar-refractivity contribution >= 4 is 67.8 Å². The van der Waals surface area contributed by atoms with E-state index in [1.807, 2.05) is 5.38 Å². The fourth-order valence-corrected chi connectivity index (χ4v) is 4.12. The van der Waals surface area contributed by atoms with E-state index in [4.69, 9.17) is 23.2 Å². The van der Waals surface area contributed by atoms with Crippen LogP contribution in [0.5, 0.6) is 0 Å². The van der Waals surface area contributed by atoms with Gasteiger partial charge in [-0.15, -0.1) is 11.3 Å². The lowest BCUT2D eigenvalue weighted by molar-refractivity contribution is -0.385. The number of thiazole rings is 1. The number of aliphatic carboxylic acids is 1. The molecule has 0 radical (unpaired) electrons. The number of nitro benzene ring substituents is 1. The fraction of sp³-hybridized carbons (Fsp3) is 0.105. The Morgan fingerprint density at radius 1 is 1.27 bits per heavy atom. The van der Waals surface area contributed by atoms with Gasteiger partial charge in [0.1, 0.15) is 10.7 Å². The van der Waals surface area contributed by atoms with Gasteiger partial charge in [0.25, 0.3) is 5.69 Å². The molecule has 7 nitrogen and oxygen atoms in total. The topological polar surface area (TPSA) is 106 Å². The molecule has 0 spiro atoms. The first-order valence-corrected chi connectivity index (χ1v) is 10.8. The lowest BCUT2D eigenvalue weighted by Gasteiger charge is -2.06. The van der Waals surface area contributed by atoms with Crippen LogP contribution in [0.2, 0.25) is 10.0 Å². The molecule has 1 heterocycles. The molecule has 0 aliphatic carbocycles. The van der Waals surface area contributed by atoms with Crippen LogP contribution in [0, 0.1) is 10.1 Å². The van der Waals surface area contributed by atoms with Gasteiger partial charge in [0.05, 0.1) is 32.8 Å². The van der Waals surface area contributed by atoms with Crippen LogP contribution in [0.1, 0.15) is 10.6 Å². The number of halogens is 3. The fourth-order valence-electron chi connectivity index (χ4n) is 2.59. The maximum atomic E-state index is 11.7. The molecule has 154 valence electrons. The Labute approximate surface area is 193 Å². The molecule has 11 heteroatoms. The first-order valence-electron chi connectivity index (χ1n) is 8.34. The molecule has 0 aliphatic heterocycles. The van der Waals surface area contributed by atoms with Crippen LogP contribution in [0.4, 0.5) is 5.69 Å². The highest BCUT2D eigenvalue weighted by Gasteiger charge is 2.21. The number of hydrogen-bond acceptors (Lipinski definition) is 6. The summed E-state index contributed by atoms with van der Waals surface area (Å²) in [5.41, 5.74) is 1.32. The van der Waals surface area contributed by atoms with Gasteiger partial charge in [0.2, 0.25) is 0 Å². The molecule has 0 fully saturated rings. The number of aliphatic imine (C=N–C) groups is 1. The lowest BCUT2D eigenvalue weighted by atomic mass is 10.1.